The summed E-state index contributed by atoms with van der Waals surface area (Å²) in [5.41, 5.74) is 2.98. The van der Waals surface area contributed by atoms with Crippen LogP contribution in [-0.4, -0.2) is 30.5 Å². The molecule has 172 valence electrons. The third-order valence-electron chi connectivity index (χ3n) is 5.10. The van der Waals surface area contributed by atoms with E-state index in [1.807, 2.05) is 43.3 Å². The van der Waals surface area contributed by atoms with E-state index < -0.39 is 5.97 Å². The number of hydrogen-bond donors (Lipinski definition) is 1. The summed E-state index contributed by atoms with van der Waals surface area (Å²) in [4.78, 5) is 17.3. The highest BCUT2D eigenvalue weighted by Gasteiger charge is 2.18. The van der Waals surface area contributed by atoms with Crippen LogP contribution in [0.1, 0.15) is 63.1 Å². The predicted octanol–water partition coefficient (Wildman–Crippen LogP) is 6.05. The molecule has 0 spiro atoms. The van der Waals surface area contributed by atoms with Crippen molar-refractivity contribution in [3.8, 4) is 5.75 Å². The maximum absolute atomic E-state index is 11.8. The van der Waals surface area contributed by atoms with Gasteiger partial charge in [-0.3, -0.25) is 0 Å². The molecule has 0 saturated carbocycles. The molecule has 2 aromatic rings. The van der Waals surface area contributed by atoms with Crippen molar-refractivity contribution < 1.29 is 24.2 Å². The first-order valence-corrected chi connectivity index (χ1v) is 10.9. The summed E-state index contributed by atoms with van der Waals surface area (Å²) in [5.74, 6) is 0.0873. The Hall–Kier alpha value is -3.28. The van der Waals surface area contributed by atoms with Gasteiger partial charge < -0.3 is 19.4 Å². The van der Waals surface area contributed by atoms with Crippen LogP contribution in [0.4, 0.5) is 0 Å². The van der Waals surface area contributed by atoms with E-state index in [0.29, 0.717) is 29.2 Å². The molecule has 32 heavy (non-hydrogen) atoms. The van der Waals surface area contributed by atoms with Gasteiger partial charge in [-0.1, -0.05) is 67.7 Å². The number of hydrogen-bond acceptors (Lipinski definition) is 5. The van der Waals surface area contributed by atoms with Crippen LogP contribution < -0.4 is 4.74 Å². The summed E-state index contributed by atoms with van der Waals surface area (Å²) in [7, 11) is 1.45. The maximum atomic E-state index is 11.8. The lowest BCUT2D eigenvalue weighted by Crippen LogP contribution is -2.07. The molecule has 0 fully saturated rings. The minimum atomic E-state index is -1.05. The minimum Gasteiger partial charge on any atom is -0.500 e. The van der Waals surface area contributed by atoms with Crippen molar-refractivity contribution >= 4 is 17.3 Å². The summed E-state index contributed by atoms with van der Waals surface area (Å²) in [6, 6.07) is 14.9. The van der Waals surface area contributed by atoms with Crippen molar-refractivity contribution in [3.63, 3.8) is 0 Å². The molecule has 6 nitrogen and oxygen atoms in total. The Morgan fingerprint density at radius 1 is 1.03 bits per heavy atom. The smallest absolute Gasteiger partial charge is 0.339 e. The molecule has 1 N–H and O–H groups in total. The Kier molecular flexibility index (Phi) is 10.3. The standard InChI is InChI=1S/C26H33NO5/c1-5-6-7-10-16-31-23-14-11-13-21(17-23)19(2)27-32-18-22-12-8-9-15-24(22)25(26(28)29)20(3)30-4/h8-9,11-15,17H,5-7,10,16,18H2,1-4H3,(H,28,29)/b25-20+,27-19+. The monoisotopic (exact) mass is 439 g/mol. The Morgan fingerprint density at radius 3 is 2.53 bits per heavy atom. The molecule has 0 atom stereocenters. The molecule has 0 unspecified atom stereocenters. The van der Waals surface area contributed by atoms with Gasteiger partial charge in [0, 0.05) is 11.1 Å². The highest BCUT2D eigenvalue weighted by atomic mass is 16.6. The van der Waals surface area contributed by atoms with E-state index >= 15 is 0 Å². The summed E-state index contributed by atoms with van der Waals surface area (Å²) >= 11 is 0. The molecule has 0 aliphatic carbocycles. The van der Waals surface area contributed by atoms with Crippen molar-refractivity contribution in [2.45, 2.75) is 53.1 Å². The summed E-state index contributed by atoms with van der Waals surface area (Å²) in [6.07, 6.45) is 4.65. The van der Waals surface area contributed by atoms with Crippen molar-refractivity contribution in [3.05, 3.63) is 71.0 Å². The second kappa shape index (κ2) is 13.2. The normalized spacial score (nSPS) is 12.2. The van der Waals surface area contributed by atoms with Gasteiger partial charge in [-0.2, -0.15) is 0 Å². The fraction of sp³-hybridized carbons (Fsp3) is 0.385. The predicted molar refractivity (Wildman–Crippen MR) is 127 cm³/mol. The zero-order chi connectivity index (χ0) is 23.3. The molecule has 0 aliphatic rings. The fourth-order valence-corrected chi connectivity index (χ4v) is 3.23. The van der Waals surface area contributed by atoms with E-state index in [2.05, 4.69) is 12.1 Å². The number of unbranched alkanes of at least 4 members (excludes halogenated alkanes) is 3. The number of benzene rings is 2. The molecule has 2 rings (SSSR count). The second-order valence-corrected chi connectivity index (χ2v) is 7.48. The highest BCUT2D eigenvalue weighted by molar-refractivity contribution is 6.16. The van der Waals surface area contributed by atoms with Gasteiger partial charge in [0.05, 0.1) is 19.4 Å². The molecule has 0 amide bonds. The van der Waals surface area contributed by atoms with Crippen LogP contribution >= 0.6 is 0 Å². The molecular formula is C26H33NO5. The minimum absolute atomic E-state index is 0.108. The van der Waals surface area contributed by atoms with Gasteiger partial charge in [0.25, 0.3) is 0 Å². The summed E-state index contributed by atoms with van der Waals surface area (Å²) in [5, 5.41) is 13.9. The van der Waals surface area contributed by atoms with Crippen LogP contribution in [0, 0.1) is 0 Å². The van der Waals surface area contributed by atoms with E-state index in [1.54, 1.807) is 19.1 Å². The van der Waals surface area contributed by atoms with Crippen molar-refractivity contribution in [2.24, 2.45) is 5.16 Å². The van der Waals surface area contributed by atoms with Gasteiger partial charge in [-0.05, 0) is 38.0 Å². The first kappa shape index (κ1) is 25.0. The number of aliphatic carboxylic acids is 1. The molecule has 0 saturated heterocycles. The van der Waals surface area contributed by atoms with Gasteiger partial charge in [0.2, 0.25) is 0 Å². The van der Waals surface area contributed by atoms with Gasteiger partial charge in [-0.15, -0.1) is 0 Å². The quantitative estimate of drug-likeness (QED) is 0.135. The third kappa shape index (κ3) is 7.45. The molecule has 6 heteroatoms. The molecule has 0 heterocycles. The average molecular weight is 440 g/mol. The van der Waals surface area contributed by atoms with Crippen LogP contribution in [0.3, 0.4) is 0 Å². The van der Waals surface area contributed by atoms with Gasteiger partial charge in [-0.25, -0.2) is 4.79 Å². The Labute approximate surface area is 190 Å². The number of carbonyl (C=O) groups is 1. The van der Waals surface area contributed by atoms with Gasteiger partial charge >= 0.3 is 5.97 Å². The first-order valence-electron chi connectivity index (χ1n) is 10.9. The fourth-order valence-electron chi connectivity index (χ4n) is 3.23. The number of carboxylic acid groups (broad SMARTS) is 1. The SMILES string of the molecule is CCCCCCOc1cccc(/C(C)=N/OCc2ccccc2/C(C(=O)O)=C(/C)OC)c1. The van der Waals surface area contributed by atoms with E-state index in [1.165, 1.54) is 26.4 Å². The second-order valence-electron chi connectivity index (χ2n) is 7.48. The first-order chi connectivity index (χ1) is 15.5. The number of nitrogens with zero attached hydrogens (tertiary/aromatic N) is 1. The van der Waals surface area contributed by atoms with Crippen LogP contribution in [0.15, 0.2) is 59.4 Å². The van der Waals surface area contributed by atoms with Crippen LogP contribution in [0.2, 0.25) is 0 Å². The summed E-state index contributed by atoms with van der Waals surface area (Å²) < 4.78 is 11.0. The average Bonchev–Trinajstić information content (AvgIpc) is 2.79. The van der Waals surface area contributed by atoms with Crippen LogP contribution in [0.5, 0.6) is 5.75 Å². The number of carboxylic acids is 1. The van der Waals surface area contributed by atoms with E-state index in [0.717, 1.165) is 17.7 Å². The van der Waals surface area contributed by atoms with Crippen molar-refractivity contribution in [2.75, 3.05) is 13.7 Å². The topological polar surface area (TPSA) is 77.4 Å². The van der Waals surface area contributed by atoms with E-state index in [9.17, 15) is 9.90 Å². The lowest BCUT2D eigenvalue weighted by atomic mass is 9.99. The lowest BCUT2D eigenvalue weighted by Gasteiger charge is -2.12. The number of oxime groups is 1. The summed E-state index contributed by atoms with van der Waals surface area (Å²) in [6.45, 7) is 6.52. The number of rotatable bonds is 13. The molecule has 0 aromatic heterocycles. The molecular weight excluding hydrogens is 406 g/mol. The molecule has 2 aromatic carbocycles. The zero-order valence-electron chi connectivity index (χ0n) is 19.4. The van der Waals surface area contributed by atoms with Gasteiger partial charge in [0.1, 0.15) is 23.7 Å². The van der Waals surface area contributed by atoms with Crippen LogP contribution in [-0.2, 0) is 21.0 Å². The third-order valence-corrected chi connectivity index (χ3v) is 5.10. The molecule has 0 bridgehead atoms. The van der Waals surface area contributed by atoms with E-state index in [4.69, 9.17) is 14.3 Å². The molecule has 0 aliphatic heterocycles. The molecule has 0 radical (unpaired) electrons. The Bertz CT molecular complexity index is 949. The Morgan fingerprint density at radius 2 is 1.81 bits per heavy atom. The lowest BCUT2D eigenvalue weighted by molar-refractivity contribution is -0.130. The van der Waals surface area contributed by atoms with Crippen LogP contribution in [0.25, 0.3) is 5.57 Å². The number of methoxy groups -OCH3 is 1. The number of allylic oxidation sites excluding steroid dienone is 1. The number of ether oxygens (including phenoxy) is 2. The highest BCUT2D eigenvalue weighted by Crippen LogP contribution is 2.24. The van der Waals surface area contributed by atoms with Crippen molar-refractivity contribution in [1.82, 2.24) is 0 Å². The van der Waals surface area contributed by atoms with E-state index in [-0.39, 0.29) is 12.2 Å². The van der Waals surface area contributed by atoms with Crippen molar-refractivity contribution in [1.29, 1.82) is 0 Å². The zero-order valence-corrected chi connectivity index (χ0v) is 19.4. The Balaban J connectivity index is 2.06. The van der Waals surface area contributed by atoms with Gasteiger partial charge in [0.15, 0.2) is 0 Å². The largest absolute Gasteiger partial charge is 0.500 e. The maximum Gasteiger partial charge on any atom is 0.339 e.